The second-order valence-electron chi connectivity index (χ2n) is 6.99. The van der Waals surface area contributed by atoms with Crippen molar-refractivity contribution in [2.24, 2.45) is 11.8 Å². The fourth-order valence-corrected chi connectivity index (χ4v) is 2.96. The number of rotatable bonds is 8. The number of nitrogens with one attached hydrogen (secondary N) is 1. The Kier molecular flexibility index (Phi) is 6.12. The first-order valence-electron chi connectivity index (χ1n) is 8.23. The van der Waals surface area contributed by atoms with E-state index < -0.39 is 0 Å². The Morgan fingerprint density at radius 1 is 1.24 bits per heavy atom. The van der Waals surface area contributed by atoms with Crippen molar-refractivity contribution in [3.8, 4) is 0 Å². The maximum atomic E-state index is 3.64. The Bertz CT molecular complexity index is 453. The lowest BCUT2D eigenvalue weighted by Gasteiger charge is -2.31. The van der Waals surface area contributed by atoms with Crippen LogP contribution in [0.1, 0.15) is 46.1 Å². The van der Waals surface area contributed by atoms with Crippen LogP contribution in [0.4, 0.5) is 5.69 Å². The molecule has 0 atom stereocenters. The van der Waals surface area contributed by atoms with Crippen molar-refractivity contribution in [2.45, 2.75) is 53.1 Å². The summed E-state index contributed by atoms with van der Waals surface area (Å²) in [6, 6.07) is 7.25. The van der Waals surface area contributed by atoms with Gasteiger partial charge in [-0.25, -0.2) is 0 Å². The summed E-state index contributed by atoms with van der Waals surface area (Å²) in [4.78, 5) is 2.58. The fraction of sp³-hybridized carbons (Fsp3) is 0.667. The van der Waals surface area contributed by atoms with Crippen LogP contribution in [0.2, 0.25) is 0 Å². The van der Waals surface area contributed by atoms with E-state index in [1.807, 2.05) is 0 Å². The number of halogens is 1. The van der Waals surface area contributed by atoms with Gasteiger partial charge in [-0.2, -0.15) is 0 Å². The van der Waals surface area contributed by atoms with E-state index in [-0.39, 0.29) is 0 Å². The molecule has 0 heterocycles. The van der Waals surface area contributed by atoms with Gasteiger partial charge in [-0.3, -0.25) is 0 Å². The number of hydrogen-bond donors (Lipinski definition) is 1. The molecule has 2 rings (SSSR count). The molecule has 0 spiro atoms. The maximum Gasteiger partial charge on any atom is 0.0425 e. The molecule has 21 heavy (non-hydrogen) atoms. The molecule has 3 heteroatoms. The zero-order chi connectivity index (χ0) is 15.4. The summed E-state index contributed by atoms with van der Waals surface area (Å²) >= 11 is 3.64. The third kappa shape index (κ3) is 5.30. The summed E-state index contributed by atoms with van der Waals surface area (Å²) in [6.07, 6.45) is 2.80. The average molecular weight is 353 g/mol. The molecule has 1 fully saturated rings. The lowest BCUT2D eigenvalue weighted by atomic mass is 10.1. The summed E-state index contributed by atoms with van der Waals surface area (Å²) in [7, 11) is 0. The highest BCUT2D eigenvalue weighted by atomic mass is 79.9. The fourth-order valence-electron chi connectivity index (χ4n) is 2.62. The van der Waals surface area contributed by atoms with Crippen LogP contribution in [0, 0.1) is 11.8 Å². The van der Waals surface area contributed by atoms with Gasteiger partial charge in [0.15, 0.2) is 0 Å². The van der Waals surface area contributed by atoms with Crippen molar-refractivity contribution >= 4 is 21.6 Å². The molecule has 0 aliphatic heterocycles. The van der Waals surface area contributed by atoms with Gasteiger partial charge in [-0.05, 0) is 62.8 Å². The smallest absolute Gasteiger partial charge is 0.0425 e. The summed E-state index contributed by atoms with van der Waals surface area (Å²) < 4.78 is 1.17. The van der Waals surface area contributed by atoms with E-state index in [1.165, 1.54) is 35.1 Å². The number of benzene rings is 1. The third-order valence-electron chi connectivity index (χ3n) is 4.00. The zero-order valence-electron chi connectivity index (χ0n) is 13.8. The SMILES string of the molecule is CC(C)CNCc1ccc(Br)cc1N(CC1CC1)C(C)C. The van der Waals surface area contributed by atoms with Gasteiger partial charge >= 0.3 is 0 Å². The van der Waals surface area contributed by atoms with Crippen LogP contribution >= 0.6 is 15.9 Å². The Labute approximate surface area is 138 Å². The quantitative estimate of drug-likeness (QED) is 0.721. The molecule has 1 N–H and O–H groups in total. The van der Waals surface area contributed by atoms with Crippen molar-refractivity contribution in [1.82, 2.24) is 5.32 Å². The Balaban J connectivity index is 2.15. The van der Waals surface area contributed by atoms with Crippen molar-refractivity contribution in [1.29, 1.82) is 0 Å². The van der Waals surface area contributed by atoms with E-state index >= 15 is 0 Å². The van der Waals surface area contributed by atoms with Gasteiger partial charge in [-0.1, -0.05) is 35.8 Å². The molecule has 0 bridgehead atoms. The van der Waals surface area contributed by atoms with Crippen molar-refractivity contribution in [3.05, 3.63) is 28.2 Å². The van der Waals surface area contributed by atoms with Crippen LogP contribution in [0.3, 0.4) is 0 Å². The van der Waals surface area contributed by atoms with Crippen LogP contribution in [0.5, 0.6) is 0 Å². The minimum absolute atomic E-state index is 0.545. The lowest BCUT2D eigenvalue weighted by Crippen LogP contribution is -2.34. The van der Waals surface area contributed by atoms with Gasteiger partial charge in [0.25, 0.3) is 0 Å². The summed E-state index contributed by atoms with van der Waals surface area (Å²) in [6.45, 7) is 12.3. The first kappa shape index (κ1) is 16.8. The Morgan fingerprint density at radius 2 is 1.95 bits per heavy atom. The highest BCUT2D eigenvalue weighted by molar-refractivity contribution is 9.10. The van der Waals surface area contributed by atoms with Crippen LogP contribution in [0.25, 0.3) is 0 Å². The number of hydrogen-bond acceptors (Lipinski definition) is 2. The Hall–Kier alpha value is -0.540. The predicted octanol–water partition coefficient (Wildman–Crippen LogP) is 4.82. The molecule has 0 saturated heterocycles. The van der Waals surface area contributed by atoms with E-state index in [0.29, 0.717) is 12.0 Å². The van der Waals surface area contributed by atoms with E-state index in [9.17, 15) is 0 Å². The van der Waals surface area contributed by atoms with Gasteiger partial charge in [0.2, 0.25) is 0 Å². The second-order valence-corrected chi connectivity index (χ2v) is 7.90. The van der Waals surface area contributed by atoms with Gasteiger partial charge in [0.1, 0.15) is 0 Å². The first-order valence-corrected chi connectivity index (χ1v) is 9.02. The molecular formula is C18H29BrN2. The van der Waals surface area contributed by atoms with Crippen LogP contribution in [-0.2, 0) is 6.54 Å². The van der Waals surface area contributed by atoms with Crippen LogP contribution in [-0.4, -0.2) is 19.1 Å². The van der Waals surface area contributed by atoms with E-state index in [4.69, 9.17) is 0 Å². The van der Waals surface area contributed by atoms with Gasteiger partial charge < -0.3 is 10.2 Å². The predicted molar refractivity (Wildman–Crippen MR) is 95.9 cm³/mol. The topological polar surface area (TPSA) is 15.3 Å². The molecular weight excluding hydrogens is 324 g/mol. The molecule has 0 aromatic heterocycles. The van der Waals surface area contributed by atoms with Crippen molar-refractivity contribution in [3.63, 3.8) is 0 Å². The molecule has 1 aromatic carbocycles. The molecule has 118 valence electrons. The maximum absolute atomic E-state index is 3.64. The minimum atomic E-state index is 0.545. The van der Waals surface area contributed by atoms with E-state index in [0.717, 1.165) is 19.0 Å². The first-order chi connectivity index (χ1) is 9.97. The highest BCUT2D eigenvalue weighted by Crippen LogP contribution is 2.34. The lowest BCUT2D eigenvalue weighted by molar-refractivity contribution is 0.550. The summed E-state index contributed by atoms with van der Waals surface area (Å²) in [5.74, 6) is 1.60. The van der Waals surface area contributed by atoms with Crippen molar-refractivity contribution in [2.75, 3.05) is 18.0 Å². The van der Waals surface area contributed by atoms with Crippen LogP contribution < -0.4 is 10.2 Å². The second kappa shape index (κ2) is 7.64. The number of anilines is 1. The molecule has 1 aliphatic rings. The van der Waals surface area contributed by atoms with Gasteiger partial charge in [0, 0.05) is 29.3 Å². The summed E-state index contributed by atoms with van der Waals surface area (Å²) in [5, 5.41) is 3.58. The Morgan fingerprint density at radius 3 is 2.52 bits per heavy atom. The standard InChI is InChI=1S/C18H29BrN2/c1-13(2)10-20-11-16-7-8-17(19)9-18(16)21(14(3)4)12-15-5-6-15/h7-9,13-15,20H,5-6,10-12H2,1-4H3. The molecule has 0 unspecified atom stereocenters. The normalized spacial score (nSPS) is 15.0. The monoisotopic (exact) mass is 352 g/mol. The third-order valence-corrected chi connectivity index (χ3v) is 4.49. The minimum Gasteiger partial charge on any atom is -0.369 e. The largest absolute Gasteiger partial charge is 0.369 e. The molecule has 1 aliphatic carbocycles. The van der Waals surface area contributed by atoms with Gasteiger partial charge in [0.05, 0.1) is 0 Å². The summed E-state index contributed by atoms with van der Waals surface area (Å²) in [5.41, 5.74) is 2.80. The molecule has 2 nitrogen and oxygen atoms in total. The molecule has 0 radical (unpaired) electrons. The number of nitrogens with zero attached hydrogens (tertiary/aromatic N) is 1. The average Bonchev–Trinajstić information content (AvgIpc) is 3.21. The van der Waals surface area contributed by atoms with Gasteiger partial charge in [-0.15, -0.1) is 0 Å². The van der Waals surface area contributed by atoms with E-state index in [1.54, 1.807) is 0 Å². The molecule has 0 amide bonds. The zero-order valence-corrected chi connectivity index (χ0v) is 15.4. The van der Waals surface area contributed by atoms with E-state index in [2.05, 4.69) is 72.0 Å². The van der Waals surface area contributed by atoms with Crippen molar-refractivity contribution < 1.29 is 0 Å². The molecule has 1 saturated carbocycles. The highest BCUT2D eigenvalue weighted by Gasteiger charge is 2.26. The van der Waals surface area contributed by atoms with Crippen LogP contribution in [0.15, 0.2) is 22.7 Å². The molecule has 1 aromatic rings.